The monoisotopic (exact) mass is 229 g/mol. The molecule has 1 rings (SSSR count). The number of nitrogens with one attached hydrogen (secondary N) is 1. The van der Waals surface area contributed by atoms with Crippen molar-refractivity contribution in [2.24, 2.45) is 0 Å². The van der Waals surface area contributed by atoms with E-state index in [0.717, 1.165) is 22.8 Å². The minimum absolute atomic E-state index is 0.741. The zero-order chi connectivity index (χ0) is 10.6. The molecule has 3 heteroatoms. The number of hydrogen-bond acceptors (Lipinski definition) is 1. The van der Waals surface area contributed by atoms with E-state index in [2.05, 4.69) is 5.32 Å². The van der Waals surface area contributed by atoms with Crippen molar-refractivity contribution in [1.82, 2.24) is 0 Å². The Balaban J connectivity index is 2.71. The molecule has 0 bridgehead atoms. The van der Waals surface area contributed by atoms with E-state index in [1.807, 2.05) is 32.0 Å². The maximum Gasteiger partial charge on any atom is 0.0426 e. The molecule has 1 nitrogen and oxygen atoms in total. The molecule has 0 heterocycles. The van der Waals surface area contributed by atoms with Crippen LogP contribution >= 0.6 is 23.2 Å². The Kier molecular flexibility index (Phi) is 4.30. The first-order valence-corrected chi connectivity index (χ1v) is 5.21. The molecule has 0 unspecified atom stereocenters. The number of rotatable bonds is 3. The predicted octanol–water partition coefficient (Wildman–Crippen LogP) is 4.20. The number of benzene rings is 1. The summed E-state index contributed by atoms with van der Waals surface area (Å²) in [7, 11) is 0. The van der Waals surface area contributed by atoms with Crippen LogP contribution in [-0.2, 0) is 0 Å². The summed E-state index contributed by atoms with van der Waals surface area (Å²) >= 11 is 11.4. The van der Waals surface area contributed by atoms with Crippen LogP contribution in [0.1, 0.15) is 12.5 Å². The fraction of sp³-hybridized carbons (Fsp3) is 0.273. The lowest BCUT2D eigenvalue weighted by molar-refractivity contribution is 1.20. The minimum atomic E-state index is 0.741. The standard InChI is InChI=1S/C11H13Cl2N/c1-8(6-12)7-14-11-5-10(13)4-3-9(11)2/h3-6,14H,7H2,1-2H3/b8-6-. The lowest BCUT2D eigenvalue weighted by Gasteiger charge is -2.09. The first kappa shape index (κ1) is 11.4. The average molecular weight is 230 g/mol. The van der Waals surface area contributed by atoms with Gasteiger partial charge >= 0.3 is 0 Å². The van der Waals surface area contributed by atoms with Crippen molar-refractivity contribution in [1.29, 1.82) is 0 Å². The average Bonchev–Trinajstić information content (AvgIpc) is 2.19. The van der Waals surface area contributed by atoms with Crippen LogP contribution in [0.4, 0.5) is 5.69 Å². The molecule has 0 saturated carbocycles. The summed E-state index contributed by atoms with van der Waals surface area (Å²) in [5, 5.41) is 4.01. The van der Waals surface area contributed by atoms with Crippen LogP contribution in [0.2, 0.25) is 5.02 Å². The Morgan fingerprint density at radius 3 is 2.86 bits per heavy atom. The smallest absolute Gasteiger partial charge is 0.0426 e. The zero-order valence-corrected chi connectivity index (χ0v) is 9.78. The van der Waals surface area contributed by atoms with E-state index in [-0.39, 0.29) is 0 Å². The second-order valence-corrected chi connectivity index (χ2v) is 3.92. The first-order chi connectivity index (χ1) is 6.63. The topological polar surface area (TPSA) is 12.0 Å². The number of halogens is 2. The SMILES string of the molecule is C/C(=C/Cl)CNc1cc(Cl)ccc1C. The van der Waals surface area contributed by atoms with E-state index in [0.29, 0.717) is 0 Å². The summed E-state index contributed by atoms with van der Waals surface area (Å²) in [5.74, 6) is 0. The van der Waals surface area contributed by atoms with Crippen molar-refractivity contribution in [3.8, 4) is 0 Å². The van der Waals surface area contributed by atoms with Crippen LogP contribution in [0.3, 0.4) is 0 Å². The summed E-state index contributed by atoms with van der Waals surface area (Å²) in [6, 6.07) is 5.79. The van der Waals surface area contributed by atoms with Crippen molar-refractivity contribution in [2.75, 3.05) is 11.9 Å². The third-order valence-electron chi connectivity index (χ3n) is 1.94. The highest BCUT2D eigenvalue weighted by Gasteiger charge is 1.98. The van der Waals surface area contributed by atoms with Crippen LogP contribution < -0.4 is 5.32 Å². The Bertz CT molecular complexity index is 345. The van der Waals surface area contributed by atoms with Crippen molar-refractivity contribution in [3.63, 3.8) is 0 Å². The maximum absolute atomic E-state index is 5.89. The van der Waals surface area contributed by atoms with Gasteiger partial charge in [0.2, 0.25) is 0 Å². The normalized spacial score (nSPS) is 11.6. The van der Waals surface area contributed by atoms with Gasteiger partial charge in [-0.1, -0.05) is 29.3 Å². The maximum atomic E-state index is 5.89. The van der Waals surface area contributed by atoms with Gasteiger partial charge in [-0.2, -0.15) is 0 Å². The number of anilines is 1. The minimum Gasteiger partial charge on any atom is -0.381 e. The Morgan fingerprint density at radius 2 is 2.21 bits per heavy atom. The number of aryl methyl sites for hydroxylation is 1. The van der Waals surface area contributed by atoms with Gasteiger partial charge in [0.15, 0.2) is 0 Å². The third kappa shape index (κ3) is 3.24. The molecule has 14 heavy (non-hydrogen) atoms. The van der Waals surface area contributed by atoms with E-state index in [9.17, 15) is 0 Å². The second kappa shape index (κ2) is 5.28. The highest BCUT2D eigenvalue weighted by molar-refractivity contribution is 6.30. The predicted molar refractivity (Wildman–Crippen MR) is 64.3 cm³/mol. The molecule has 0 atom stereocenters. The molecule has 1 aromatic rings. The summed E-state index contributed by atoms with van der Waals surface area (Å²) in [4.78, 5) is 0. The van der Waals surface area contributed by atoms with Gasteiger partial charge in [-0.05, 0) is 37.1 Å². The van der Waals surface area contributed by atoms with Crippen LogP contribution in [-0.4, -0.2) is 6.54 Å². The first-order valence-electron chi connectivity index (χ1n) is 4.39. The Hall–Kier alpha value is -0.660. The van der Waals surface area contributed by atoms with Crippen LogP contribution in [0, 0.1) is 6.92 Å². The van der Waals surface area contributed by atoms with Gasteiger partial charge in [-0.25, -0.2) is 0 Å². The van der Waals surface area contributed by atoms with E-state index < -0.39 is 0 Å². The van der Waals surface area contributed by atoms with Gasteiger partial charge in [-0.15, -0.1) is 0 Å². The lowest BCUT2D eigenvalue weighted by atomic mass is 10.2. The molecule has 0 radical (unpaired) electrons. The fourth-order valence-corrected chi connectivity index (χ4v) is 1.31. The molecule has 0 fully saturated rings. The third-order valence-corrected chi connectivity index (χ3v) is 2.55. The van der Waals surface area contributed by atoms with Gasteiger partial charge in [-0.3, -0.25) is 0 Å². The molecular formula is C11H13Cl2N. The van der Waals surface area contributed by atoms with Crippen LogP contribution in [0.25, 0.3) is 0 Å². The summed E-state index contributed by atoms with van der Waals surface area (Å²) in [6.45, 7) is 4.75. The summed E-state index contributed by atoms with van der Waals surface area (Å²) in [6.07, 6.45) is 0. The lowest BCUT2D eigenvalue weighted by Crippen LogP contribution is -2.03. The van der Waals surface area contributed by atoms with E-state index in [1.54, 1.807) is 5.54 Å². The van der Waals surface area contributed by atoms with Crippen LogP contribution in [0.15, 0.2) is 29.3 Å². The van der Waals surface area contributed by atoms with Gasteiger partial charge in [0.05, 0.1) is 0 Å². The molecular weight excluding hydrogens is 217 g/mol. The van der Waals surface area contributed by atoms with Crippen molar-refractivity contribution in [2.45, 2.75) is 13.8 Å². The number of hydrogen-bond donors (Lipinski definition) is 1. The van der Waals surface area contributed by atoms with Crippen molar-refractivity contribution < 1.29 is 0 Å². The van der Waals surface area contributed by atoms with E-state index in [1.165, 1.54) is 5.56 Å². The Morgan fingerprint density at radius 1 is 1.50 bits per heavy atom. The highest BCUT2D eigenvalue weighted by Crippen LogP contribution is 2.20. The van der Waals surface area contributed by atoms with E-state index in [4.69, 9.17) is 23.2 Å². The van der Waals surface area contributed by atoms with Gasteiger partial charge in [0, 0.05) is 22.8 Å². The van der Waals surface area contributed by atoms with E-state index >= 15 is 0 Å². The van der Waals surface area contributed by atoms with Crippen LogP contribution in [0.5, 0.6) is 0 Å². The molecule has 0 aliphatic rings. The second-order valence-electron chi connectivity index (χ2n) is 3.27. The van der Waals surface area contributed by atoms with Gasteiger partial charge in [0.25, 0.3) is 0 Å². The Labute approximate surface area is 94.7 Å². The molecule has 0 aliphatic carbocycles. The zero-order valence-electron chi connectivity index (χ0n) is 8.27. The van der Waals surface area contributed by atoms with Crippen molar-refractivity contribution >= 4 is 28.9 Å². The molecule has 1 N–H and O–H groups in total. The molecule has 0 aliphatic heterocycles. The van der Waals surface area contributed by atoms with Crippen molar-refractivity contribution in [3.05, 3.63) is 39.9 Å². The molecule has 1 aromatic carbocycles. The van der Waals surface area contributed by atoms with Gasteiger partial charge < -0.3 is 5.32 Å². The molecule has 0 aromatic heterocycles. The molecule has 0 amide bonds. The summed E-state index contributed by atoms with van der Waals surface area (Å²) < 4.78 is 0. The summed E-state index contributed by atoms with van der Waals surface area (Å²) in [5.41, 5.74) is 4.89. The molecule has 0 saturated heterocycles. The molecule has 0 spiro atoms. The highest BCUT2D eigenvalue weighted by atomic mass is 35.5. The quantitative estimate of drug-likeness (QED) is 0.820. The van der Waals surface area contributed by atoms with Gasteiger partial charge in [0.1, 0.15) is 0 Å². The largest absolute Gasteiger partial charge is 0.381 e. The molecule has 76 valence electrons. The fourth-order valence-electron chi connectivity index (χ4n) is 1.06.